The molecule has 0 atom stereocenters. The van der Waals surface area contributed by atoms with E-state index in [1.807, 2.05) is 0 Å². The van der Waals surface area contributed by atoms with Crippen molar-refractivity contribution in [2.45, 2.75) is 13.3 Å². The summed E-state index contributed by atoms with van der Waals surface area (Å²) in [6, 6.07) is 24.7. The Morgan fingerprint density at radius 1 is 0.727 bits per heavy atom. The Morgan fingerprint density at radius 3 is 2.50 bits per heavy atom. The van der Waals surface area contributed by atoms with Crippen molar-refractivity contribution < 1.29 is 0 Å². The van der Waals surface area contributed by atoms with Crippen molar-refractivity contribution in [3.05, 3.63) is 83.4 Å². The lowest BCUT2D eigenvalue weighted by atomic mass is 9.94. The number of aryl methyl sites for hydroxylation is 1. The highest BCUT2D eigenvalue weighted by atomic mass is 14.2. The molecule has 4 aromatic rings. The SMILES string of the molecule is Cc1ccc2c(c1)-c1ccc3ccc4ccccc4c3c1C2. The van der Waals surface area contributed by atoms with Crippen LogP contribution in [0.25, 0.3) is 32.7 Å². The van der Waals surface area contributed by atoms with Crippen molar-refractivity contribution in [3.8, 4) is 11.1 Å². The van der Waals surface area contributed by atoms with Crippen molar-refractivity contribution >= 4 is 21.5 Å². The summed E-state index contributed by atoms with van der Waals surface area (Å²) < 4.78 is 0. The average molecular weight is 280 g/mol. The van der Waals surface area contributed by atoms with E-state index in [0.29, 0.717) is 0 Å². The summed E-state index contributed by atoms with van der Waals surface area (Å²) in [6.45, 7) is 2.18. The predicted molar refractivity (Wildman–Crippen MR) is 94.4 cm³/mol. The fourth-order valence-electron chi connectivity index (χ4n) is 3.89. The van der Waals surface area contributed by atoms with E-state index in [1.54, 1.807) is 0 Å². The maximum atomic E-state index is 2.33. The van der Waals surface area contributed by atoms with E-state index in [9.17, 15) is 0 Å². The van der Waals surface area contributed by atoms with E-state index < -0.39 is 0 Å². The van der Waals surface area contributed by atoms with Crippen LogP contribution < -0.4 is 0 Å². The number of rotatable bonds is 0. The summed E-state index contributed by atoms with van der Waals surface area (Å²) in [7, 11) is 0. The summed E-state index contributed by atoms with van der Waals surface area (Å²) in [5.74, 6) is 0. The number of hydrogen-bond acceptors (Lipinski definition) is 0. The third-order valence-corrected chi connectivity index (χ3v) is 4.94. The van der Waals surface area contributed by atoms with Gasteiger partial charge in [0.1, 0.15) is 0 Å². The lowest BCUT2D eigenvalue weighted by Crippen LogP contribution is -1.86. The molecule has 0 spiro atoms. The molecule has 0 aliphatic heterocycles. The maximum Gasteiger partial charge on any atom is -0.000706 e. The third-order valence-electron chi connectivity index (χ3n) is 4.94. The Morgan fingerprint density at radius 2 is 1.55 bits per heavy atom. The van der Waals surface area contributed by atoms with E-state index >= 15 is 0 Å². The van der Waals surface area contributed by atoms with Crippen LogP contribution in [0.2, 0.25) is 0 Å². The first kappa shape index (κ1) is 12.0. The predicted octanol–water partition coefficient (Wildman–Crippen LogP) is 5.87. The molecule has 1 aliphatic carbocycles. The Kier molecular flexibility index (Phi) is 2.29. The van der Waals surface area contributed by atoms with Gasteiger partial charge in [-0.05, 0) is 57.1 Å². The third kappa shape index (κ3) is 1.52. The molecule has 22 heavy (non-hydrogen) atoms. The van der Waals surface area contributed by atoms with Crippen LogP contribution in [-0.2, 0) is 6.42 Å². The van der Waals surface area contributed by atoms with Crippen molar-refractivity contribution in [1.82, 2.24) is 0 Å². The fourth-order valence-corrected chi connectivity index (χ4v) is 3.89. The smallest absolute Gasteiger partial charge is 0.000706 e. The topological polar surface area (TPSA) is 0 Å². The van der Waals surface area contributed by atoms with E-state index in [-0.39, 0.29) is 0 Å². The Bertz CT molecular complexity index is 1050. The van der Waals surface area contributed by atoms with Crippen LogP contribution >= 0.6 is 0 Å². The average Bonchev–Trinajstić information content (AvgIpc) is 2.92. The minimum absolute atomic E-state index is 1.05. The summed E-state index contributed by atoms with van der Waals surface area (Å²) in [5, 5.41) is 5.49. The molecule has 5 rings (SSSR count). The van der Waals surface area contributed by atoms with Crippen molar-refractivity contribution in [2.75, 3.05) is 0 Å². The Labute approximate surface area is 130 Å². The molecule has 0 bridgehead atoms. The molecule has 0 saturated heterocycles. The molecule has 0 radical (unpaired) electrons. The summed E-state index contributed by atoms with van der Waals surface area (Å²) in [5.41, 5.74) is 7.13. The monoisotopic (exact) mass is 280 g/mol. The van der Waals surface area contributed by atoms with Gasteiger partial charge >= 0.3 is 0 Å². The van der Waals surface area contributed by atoms with E-state index in [0.717, 1.165) is 6.42 Å². The molecular weight excluding hydrogens is 264 g/mol. The molecule has 4 aromatic carbocycles. The molecule has 0 heterocycles. The maximum absolute atomic E-state index is 2.33. The second-order valence-corrected chi connectivity index (χ2v) is 6.31. The van der Waals surface area contributed by atoms with Gasteiger partial charge < -0.3 is 0 Å². The van der Waals surface area contributed by atoms with E-state index in [4.69, 9.17) is 0 Å². The standard InChI is InChI=1S/C22H16/c1-14-6-7-17-13-21-19(20(17)12-14)11-10-16-9-8-15-4-2-3-5-18(15)22(16)21/h2-12H,13H2,1H3. The van der Waals surface area contributed by atoms with Crippen molar-refractivity contribution in [3.63, 3.8) is 0 Å². The quantitative estimate of drug-likeness (QED) is 0.311. The molecule has 0 nitrogen and oxygen atoms in total. The van der Waals surface area contributed by atoms with Crippen molar-refractivity contribution in [1.29, 1.82) is 0 Å². The molecule has 104 valence electrons. The second-order valence-electron chi connectivity index (χ2n) is 6.31. The molecule has 0 aromatic heterocycles. The van der Waals surface area contributed by atoms with Gasteiger partial charge in [0.25, 0.3) is 0 Å². The summed E-state index contributed by atoms with van der Waals surface area (Å²) in [6.07, 6.45) is 1.05. The second kappa shape index (κ2) is 4.20. The number of fused-ring (bicyclic) bond motifs is 7. The molecule has 0 saturated carbocycles. The molecular formula is C22H16. The Hall–Kier alpha value is -2.60. The van der Waals surface area contributed by atoms with Gasteiger partial charge in [-0.3, -0.25) is 0 Å². The number of hydrogen-bond donors (Lipinski definition) is 0. The normalized spacial score (nSPS) is 12.6. The lowest BCUT2D eigenvalue weighted by Gasteiger charge is -2.09. The van der Waals surface area contributed by atoms with Crippen LogP contribution in [0.1, 0.15) is 16.7 Å². The van der Waals surface area contributed by atoms with Gasteiger partial charge in [0.15, 0.2) is 0 Å². The van der Waals surface area contributed by atoms with Gasteiger partial charge in [-0.2, -0.15) is 0 Å². The largest absolute Gasteiger partial charge is 0.0616 e. The van der Waals surface area contributed by atoms with Gasteiger partial charge in [0.2, 0.25) is 0 Å². The van der Waals surface area contributed by atoms with Crippen LogP contribution in [0.4, 0.5) is 0 Å². The van der Waals surface area contributed by atoms with Gasteiger partial charge in [-0.1, -0.05) is 72.3 Å². The molecule has 0 fully saturated rings. The minimum atomic E-state index is 1.05. The highest BCUT2D eigenvalue weighted by Crippen LogP contribution is 2.42. The van der Waals surface area contributed by atoms with Gasteiger partial charge in [-0.25, -0.2) is 0 Å². The van der Waals surface area contributed by atoms with Gasteiger partial charge in [0.05, 0.1) is 0 Å². The molecule has 0 N–H and O–H groups in total. The van der Waals surface area contributed by atoms with E-state index in [2.05, 4.69) is 73.7 Å². The van der Waals surface area contributed by atoms with Crippen LogP contribution in [0.15, 0.2) is 66.7 Å². The van der Waals surface area contributed by atoms with E-state index in [1.165, 1.54) is 49.4 Å². The van der Waals surface area contributed by atoms with Gasteiger partial charge in [-0.15, -0.1) is 0 Å². The summed E-state index contributed by atoms with van der Waals surface area (Å²) >= 11 is 0. The van der Waals surface area contributed by atoms with Crippen LogP contribution in [0.5, 0.6) is 0 Å². The zero-order valence-electron chi connectivity index (χ0n) is 12.6. The van der Waals surface area contributed by atoms with Crippen LogP contribution in [0.3, 0.4) is 0 Å². The van der Waals surface area contributed by atoms with Gasteiger partial charge in [0, 0.05) is 0 Å². The molecule has 0 amide bonds. The van der Waals surface area contributed by atoms with Crippen LogP contribution in [-0.4, -0.2) is 0 Å². The molecule has 0 unspecified atom stereocenters. The Balaban J connectivity index is 1.94. The van der Waals surface area contributed by atoms with Crippen LogP contribution in [0, 0.1) is 6.92 Å². The minimum Gasteiger partial charge on any atom is -0.0616 e. The first-order valence-electron chi connectivity index (χ1n) is 7.84. The zero-order chi connectivity index (χ0) is 14.7. The number of benzene rings is 4. The summed E-state index contributed by atoms with van der Waals surface area (Å²) in [4.78, 5) is 0. The highest BCUT2D eigenvalue weighted by Gasteiger charge is 2.21. The zero-order valence-corrected chi connectivity index (χ0v) is 12.6. The molecule has 0 heteroatoms. The first-order valence-corrected chi connectivity index (χ1v) is 7.84. The first-order chi connectivity index (χ1) is 10.8. The molecule has 1 aliphatic rings. The lowest BCUT2D eigenvalue weighted by molar-refractivity contribution is 1.28. The highest BCUT2D eigenvalue weighted by molar-refractivity contribution is 6.11. The van der Waals surface area contributed by atoms with Crippen molar-refractivity contribution in [2.24, 2.45) is 0 Å². The fraction of sp³-hybridized carbons (Fsp3) is 0.0909.